The van der Waals surface area contributed by atoms with Crippen LogP contribution in [-0.2, 0) is 5.75 Å². The smallest absolute Gasteiger partial charge is 0.141 e. The van der Waals surface area contributed by atoms with Gasteiger partial charge in [-0.15, -0.1) is 11.8 Å². The second-order valence-corrected chi connectivity index (χ2v) is 7.32. The monoisotopic (exact) mass is 363 g/mol. The molecule has 1 aliphatic rings. The molecule has 1 aromatic heterocycles. The molecule has 5 heteroatoms. The molecule has 110 valence electrons. The summed E-state index contributed by atoms with van der Waals surface area (Å²) in [5.74, 6) is 2.77. The number of nitrogen functional groups attached to an aromatic ring is 1. The maximum absolute atomic E-state index is 5.95. The summed E-state index contributed by atoms with van der Waals surface area (Å²) in [5.41, 5.74) is 7.08. The van der Waals surface area contributed by atoms with E-state index in [-0.39, 0.29) is 0 Å². The predicted octanol–water partition coefficient (Wildman–Crippen LogP) is 4.77. The van der Waals surface area contributed by atoms with E-state index in [4.69, 9.17) is 10.7 Å². The molecule has 3 rings (SSSR count). The number of hydrogen-bond acceptors (Lipinski definition) is 4. The van der Waals surface area contributed by atoms with E-state index in [1.807, 2.05) is 18.2 Å². The third-order valence-corrected chi connectivity index (χ3v) is 5.30. The summed E-state index contributed by atoms with van der Waals surface area (Å²) >= 11 is 5.19. The van der Waals surface area contributed by atoms with Crippen LogP contribution in [0.1, 0.15) is 43.1 Å². The van der Waals surface area contributed by atoms with Crippen molar-refractivity contribution in [2.24, 2.45) is 0 Å². The fourth-order valence-corrected chi connectivity index (χ4v) is 3.73. The van der Waals surface area contributed by atoms with E-state index in [1.54, 1.807) is 11.8 Å². The molecule has 0 aliphatic heterocycles. The number of halogens is 1. The van der Waals surface area contributed by atoms with E-state index >= 15 is 0 Å². The molecule has 1 saturated carbocycles. The highest BCUT2D eigenvalue weighted by atomic mass is 79.9. The van der Waals surface area contributed by atoms with Crippen LogP contribution in [0.3, 0.4) is 0 Å². The van der Waals surface area contributed by atoms with Crippen molar-refractivity contribution >= 4 is 33.5 Å². The number of benzene rings is 1. The van der Waals surface area contributed by atoms with Crippen molar-refractivity contribution < 1.29 is 0 Å². The summed E-state index contributed by atoms with van der Waals surface area (Å²) in [6, 6.07) is 10.2. The predicted molar refractivity (Wildman–Crippen MR) is 91.4 cm³/mol. The Hall–Kier alpha value is -1.07. The molecule has 1 heterocycles. The van der Waals surface area contributed by atoms with Gasteiger partial charge in [0.2, 0.25) is 0 Å². The van der Waals surface area contributed by atoms with Crippen molar-refractivity contribution in [3.63, 3.8) is 0 Å². The van der Waals surface area contributed by atoms with Gasteiger partial charge >= 0.3 is 0 Å². The lowest BCUT2D eigenvalue weighted by Gasteiger charge is -2.11. The number of anilines is 1. The lowest BCUT2D eigenvalue weighted by molar-refractivity contribution is 0.689. The molecule has 2 N–H and O–H groups in total. The largest absolute Gasteiger partial charge is 0.384 e. The SMILES string of the molecule is Nc1cc(C2CCCC2)nc(CSc2ccc(Br)cc2)n1. The average Bonchev–Trinajstić information content (AvgIpc) is 3.00. The third-order valence-electron chi connectivity index (χ3n) is 3.77. The number of nitrogens with two attached hydrogens (primary N) is 1. The maximum Gasteiger partial charge on any atom is 0.141 e. The number of thioether (sulfide) groups is 1. The van der Waals surface area contributed by atoms with Crippen LogP contribution in [0.4, 0.5) is 5.82 Å². The van der Waals surface area contributed by atoms with Crippen molar-refractivity contribution in [2.75, 3.05) is 5.73 Å². The van der Waals surface area contributed by atoms with E-state index in [0.29, 0.717) is 11.7 Å². The van der Waals surface area contributed by atoms with Gasteiger partial charge in [0.1, 0.15) is 11.6 Å². The van der Waals surface area contributed by atoms with Gasteiger partial charge in [-0.3, -0.25) is 0 Å². The van der Waals surface area contributed by atoms with Crippen molar-refractivity contribution in [3.05, 3.63) is 46.3 Å². The highest BCUT2D eigenvalue weighted by Gasteiger charge is 2.19. The van der Waals surface area contributed by atoms with E-state index in [2.05, 4.69) is 33.0 Å². The number of nitrogens with zero attached hydrogens (tertiary/aromatic N) is 2. The quantitative estimate of drug-likeness (QED) is 0.794. The summed E-state index contributed by atoms with van der Waals surface area (Å²) in [5, 5.41) is 0. The van der Waals surface area contributed by atoms with Crippen molar-refractivity contribution in [1.29, 1.82) is 0 Å². The lowest BCUT2D eigenvalue weighted by atomic mass is 10.0. The molecular weight excluding hydrogens is 346 g/mol. The molecule has 0 radical (unpaired) electrons. The van der Waals surface area contributed by atoms with Gasteiger partial charge in [0.15, 0.2) is 0 Å². The number of aromatic nitrogens is 2. The second-order valence-electron chi connectivity index (χ2n) is 5.36. The van der Waals surface area contributed by atoms with E-state index in [0.717, 1.165) is 21.7 Å². The molecule has 1 aliphatic carbocycles. The Kier molecular flexibility index (Phi) is 4.80. The van der Waals surface area contributed by atoms with Crippen molar-refractivity contribution in [1.82, 2.24) is 9.97 Å². The first-order valence-electron chi connectivity index (χ1n) is 7.22. The van der Waals surface area contributed by atoms with Gasteiger partial charge < -0.3 is 5.73 Å². The van der Waals surface area contributed by atoms with E-state index in [1.165, 1.54) is 30.6 Å². The van der Waals surface area contributed by atoms with Crippen LogP contribution in [0.2, 0.25) is 0 Å². The van der Waals surface area contributed by atoms with Crippen LogP contribution in [0.25, 0.3) is 0 Å². The Morgan fingerprint density at radius 2 is 1.86 bits per heavy atom. The molecule has 0 atom stereocenters. The first-order valence-corrected chi connectivity index (χ1v) is 9.00. The van der Waals surface area contributed by atoms with Gasteiger partial charge in [-0.25, -0.2) is 9.97 Å². The number of hydrogen-bond donors (Lipinski definition) is 1. The van der Waals surface area contributed by atoms with Crippen LogP contribution >= 0.6 is 27.7 Å². The highest BCUT2D eigenvalue weighted by molar-refractivity contribution is 9.10. The summed E-state index contributed by atoms with van der Waals surface area (Å²) in [4.78, 5) is 10.3. The molecule has 1 aromatic carbocycles. The first-order chi connectivity index (χ1) is 10.2. The van der Waals surface area contributed by atoms with Crippen LogP contribution < -0.4 is 5.73 Å². The Morgan fingerprint density at radius 1 is 1.14 bits per heavy atom. The molecule has 0 unspecified atom stereocenters. The van der Waals surface area contributed by atoms with Crippen molar-refractivity contribution in [3.8, 4) is 0 Å². The summed E-state index contributed by atoms with van der Waals surface area (Å²) < 4.78 is 1.09. The zero-order valence-corrected chi connectivity index (χ0v) is 14.2. The van der Waals surface area contributed by atoms with E-state index < -0.39 is 0 Å². The molecule has 0 saturated heterocycles. The van der Waals surface area contributed by atoms with Crippen LogP contribution in [-0.4, -0.2) is 9.97 Å². The molecular formula is C16H18BrN3S. The second kappa shape index (κ2) is 6.79. The molecule has 1 fully saturated rings. The Balaban J connectivity index is 1.71. The molecule has 0 amide bonds. The van der Waals surface area contributed by atoms with Crippen LogP contribution in [0.5, 0.6) is 0 Å². The van der Waals surface area contributed by atoms with Gasteiger partial charge in [0.25, 0.3) is 0 Å². The van der Waals surface area contributed by atoms with Crippen LogP contribution in [0.15, 0.2) is 39.7 Å². The van der Waals surface area contributed by atoms with Gasteiger partial charge in [0.05, 0.1) is 5.75 Å². The Bertz CT molecular complexity index is 609. The molecule has 3 nitrogen and oxygen atoms in total. The summed E-state index contributed by atoms with van der Waals surface area (Å²) in [6.07, 6.45) is 5.07. The topological polar surface area (TPSA) is 51.8 Å². The third kappa shape index (κ3) is 3.98. The molecule has 0 bridgehead atoms. The van der Waals surface area contributed by atoms with E-state index in [9.17, 15) is 0 Å². The van der Waals surface area contributed by atoms with Crippen LogP contribution in [0, 0.1) is 0 Å². The first kappa shape index (κ1) is 14.9. The minimum absolute atomic E-state index is 0.576. The fraction of sp³-hybridized carbons (Fsp3) is 0.375. The van der Waals surface area contributed by atoms with Gasteiger partial charge in [-0.1, -0.05) is 28.8 Å². The molecule has 21 heavy (non-hydrogen) atoms. The Labute approximate surface area is 137 Å². The van der Waals surface area contributed by atoms with Gasteiger partial charge in [-0.05, 0) is 37.1 Å². The summed E-state index contributed by atoms with van der Waals surface area (Å²) in [7, 11) is 0. The maximum atomic E-state index is 5.95. The minimum atomic E-state index is 0.576. The standard InChI is InChI=1S/C16H18BrN3S/c17-12-5-7-13(8-6-12)21-10-16-19-14(9-15(18)20-16)11-3-1-2-4-11/h5-9,11H,1-4,10H2,(H2,18,19,20). The Morgan fingerprint density at radius 3 is 2.57 bits per heavy atom. The number of rotatable bonds is 4. The lowest BCUT2D eigenvalue weighted by Crippen LogP contribution is -2.05. The average molecular weight is 364 g/mol. The summed E-state index contributed by atoms with van der Waals surface area (Å²) in [6.45, 7) is 0. The molecule has 2 aromatic rings. The fourth-order valence-electron chi connectivity index (χ4n) is 2.71. The molecule has 0 spiro atoms. The van der Waals surface area contributed by atoms with Gasteiger partial charge in [-0.2, -0.15) is 0 Å². The van der Waals surface area contributed by atoms with Gasteiger partial charge in [0, 0.05) is 27.0 Å². The normalized spacial score (nSPS) is 15.5. The zero-order chi connectivity index (χ0) is 14.7. The van der Waals surface area contributed by atoms with Crippen molar-refractivity contribution in [2.45, 2.75) is 42.2 Å². The minimum Gasteiger partial charge on any atom is -0.384 e. The highest BCUT2D eigenvalue weighted by Crippen LogP contribution is 2.34. The zero-order valence-electron chi connectivity index (χ0n) is 11.8.